The van der Waals surface area contributed by atoms with Gasteiger partial charge in [-0.05, 0) is 61.4 Å². The Morgan fingerprint density at radius 3 is 2.20 bits per heavy atom. The van der Waals surface area contributed by atoms with Crippen LogP contribution in [0.25, 0.3) is 0 Å². The number of hydrogen-bond donors (Lipinski definition) is 1. The summed E-state index contributed by atoms with van der Waals surface area (Å²) in [6, 6.07) is 18.4. The smallest absolute Gasteiger partial charge is 0.264 e. The van der Waals surface area contributed by atoms with E-state index in [0.717, 1.165) is 23.6 Å². The summed E-state index contributed by atoms with van der Waals surface area (Å²) in [7, 11) is -7.68. The lowest BCUT2D eigenvalue weighted by Crippen LogP contribution is -2.42. The third-order valence-electron chi connectivity index (χ3n) is 6.29. The molecule has 214 valence electrons. The summed E-state index contributed by atoms with van der Waals surface area (Å²) in [6.07, 6.45) is 2.74. The van der Waals surface area contributed by atoms with Gasteiger partial charge in [-0.25, -0.2) is 16.8 Å². The highest BCUT2D eigenvalue weighted by molar-refractivity contribution is 7.93. The van der Waals surface area contributed by atoms with Gasteiger partial charge in [0.2, 0.25) is 15.9 Å². The van der Waals surface area contributed by atoms with Gasteiger partial charge in [0.05, 0.1) is 32.1 Å². The van der Waals surface area contributed by atoms with Gasteiger partial charge in [-0.3, -0.25) is 9.10 Å². The van der Waals surface area contributed by atoms with Crippen LogP contribution in [0.5, 0.6) is 5.75 Å². The maximum absolute atomic E-state index is 13.4. The fourth-order valence-electron chi connectivity index (χ4n) is 4.21. The Bertz CT molecular complexity index is 1530. The maximum atomic E-state index is 13.4. The Hall–Kier alpha value is -2.83. The molecule has 0 saturated carbocycles. The van der Waals surface area contributed by atoms with Crippen LogP contribution in [0, 0.1) is 0 Å². The van der Waals surface area contributed by atoms with E-state index < -0.39 is 32.5 Å². The van der Waals surface area contributed by atoms with Crippen LogP contribution in [-0.4, -0.2) is 59.8 Å². The summed E-state index contributed by atoms with van der Waals surface area (Å²) in [4.78, 5) is 13.0. The van der Waals surface area contributed by atoms with Gasteiger partial charge in [0.1, 0.15) is 18.9 Å². The molecule has 4 rings (SSSR count). The molecule has 1 amide bonds. The molecule has 0 radical (unpaired) electrons. The minimum Gasteiger partial charge on any atom is -0.492 e. The molecule has 9 nitrogen and oxygen atoms in total. The van der Waals surface area contributed by atoms with Crippen LogP contribution in [0.15, 0.2) is 82.6 Å². The van der Waals surface area contributed by atoms with E-state index in [-0.39, 0.29) is 38.7 Å². The minimum atomic E-state index is -4.14. The minimum absolute atomic E-state index is 0.00514. The molecule has 3 aromatic rings. The van der Waals surface area contributed by atoms with E-state index >= 15 is 0 Å². The van der Waals surface area contributed by atoms with Crippen molar-refractivity contribution >= 4 is 54.8 Å². The van der Waals surface area contributed by atoms with Crippen LogP contribution >= 0.6 is 23.2 Å². The van der Waals surface area contributed by atoms with Crippen molar-refractivity contribution in [1.82, 2.24) is 9.62 Å². The number of ether oxygens (including phenoxy) is 1. The van der Waals surface area contributed by atoms with Crippen molar-refractivity contribution in [2.75, 3.05) is 37.1 Å². The first-order valence-corrected chi connectivity index (χ1v) is 16.3. The van der Waals surface area contributed by atoms with Gasteiger partial charge in [0.25, 0.3) is 10.0 Å². The van der Waals surface area contributed by atoms with Crippen molar-refractivity contribution in [3.63, 3.8) is 0 Å². The normalized spacial score (nSPS) is 14.4. The number of sulfonamides is 2. The number of rotatable bonds is 11. The number of carbonyl (C=O) groups excluding carboxylic acids is 1. The number of halogens is 2. The zero-order chi connectivity index (χ0) is 28.8. The number of carbonyl (C=O) groups is 1. The number of nitrogens with one attached hydrogen (secondary N) is 1. The van der Waals surface area contributed by atoms with E-state index in [0.29, 0.717) is 18.8 Å². The monoisotopic (exact) mass is 625 g/mol. The average molecular weight is 627 g/mol. The Balaban J connectivity index is 1.37. The molecular weight excluding hydrogens is 597 g/mol. The molecule has 0 bridgehead atoms. The molecule has 1 aliphatic heterocycles. The summed E-state index contributed by atoms with van der Waals surface area (Å²) in [5.41, 5.74) is 0.0732. The van der Waals surface area contributed by atoms with Crippen molar-refractivity contribution in [3.8, 4) is 5.75 Å². The highest BCUT2D eigenvalue weighted by atomic mass is 35.5. The lowest BCUT2D eigenvalue weighted by molar-refractivity contribution is -0.119. The molecule has 3 aromatic carbocycles. The zero-order valence-corrected chi connectivity index (χ0v) is 24.6. The number of amides is 1. The Morgan fingerprint density at radius 2 is 1.52 bits per heavy atom. The second kappa shape index (κ2) is 13.2. The van der Waals surface area contributed by atoms with Crippen LogP contribution in [0.2, 0.25) is 10.0 Å². The average Bonchev–Trinajstić information content (AvgIpc) is 2.97. The van der Waals surface area contributed by atoms with Crippen molar-refractivity contribution in [2.45, 2.75) is 29.1 Å². The third-order valence-corrected chi connectivity index (χ3v) is 10.8. The Labute approximate surface area is 244 Å². The molecule has 0 atom stereocenters. The highest BCUT2D eigenvalue weighted by Crippen LogP contribution is 2.35. The molecule has 1 heterocycles. The summed E-state index contributed by atoms with van der Waals surface area (Å²) in [5, 5.41) is 2.79. The fourth-order valence-corrected chi connectivity index (χ4v) is 7.63. The number of anilines is 1. The van der Waals surface area contributed by atoms with Gasteiger partial charge in [-0.2, -0.15) is 4.31 Å². The summed E-state index contributed by atoms with van der Waals surface area (Å²) < 4.78 is 60.5. The largest absolute Gasteiger partial charge is 0.492 e. The van der Waals surface area contributed by atoms with Crippen LogP contribution in [0.3, 0.4) is 0 Å². The molecule has 1 saturated heterocycles. The van der Waals surface area contributed by atoms with Gasteiger partial charge in [-0.1, -0.05) is 53.9 Å². The fraction of sp³-hybridized carbons (Fsp3) is 0.296. The molecule has 13 heteroatoms. The zero-order valence-electron chi connectivity index (χ0n) is 21.5. The molecular formula is C27H29Cl2N3O6S2. The highest BCUT2D eigenvalue weighted by Gasteiger charge is 2.29. The van der Waals surface area contributed by atoms with Crippen LogP contribution in [0.1, 0.15) is 19.3 Å². The SMILES string of the molecule is O=C(CN(c1cccc(Cl)c1Cl)S(=O)(=O)c1ccccc1)NCCOc1ccc(S(=O)(=O)N2CCCCC2)cc1. The third kappa shape index (κ3) is 7.08. The lowest BCUT2D eigenvalue weighted by atomic mass is 10.2. The van der Waals surface area contributed by atoms with Gasteiger partial charge in [0, 0.05) is 13.1 Å². The first-order valence-electron chi connectivity index (χ1n) is 12.6. The second-order valence-electron chi connectivity index (χ2n) is 9.03. The van der Waals surface area contributed by atoms with Gasteiger partial charge in [-0.15, -0.1) is 0 Å². The number of nitrogens with zero attached hydrogens (tertiary/aromatic N) is 2. The second-order valence-corrected chi connectivity index (χ2v) is 13.6. The van der Waals surface area contributed by atoms with E-state index in [9.17, 15) is 21.6 Å². The van der Waals surface area contributed by atoms with Gasteiger partial charge >= 0.3 is 0 Å². The van der Waals surface area contributed by atoms with Gasteiger partial charge < -0.3 is 10.1 Å². The molecule has 0 spiro atoms. The molecule has 1 N–H and O–H groups in total. The molecule has 0 unspecified atom stereocenters. The lowest BCUT2D eigenvalue weighted by Gasteiger charge is -2.25. The summed E-state index contributed by atoms with van der Waals surface area (Å²) in [6.45, 7) is 0.657. The van der Waals surface area contributed by atoms with Crippen molar-refractivity contribution in [1.29, 1.82) is 0 Å². The summed E-state index contributed by atoms with van der Waals surface area (Å²) in [5.74, 6) is -0.145. The first-order chi connectivity index (χ1) is 19.1. The molecule has 1 fully saturated rings. The number of hydrogen-bond acceptors (Lipinski definition) is 6. The maximum Gasteiger partial charge on any atom is 0.264 e. The number of piperidine rings is 1. The predicted molar refractivity (Wildman–Crippen MR) is 155 cm³/mol. The van der Waals surface area contributed by atoms with Crippen LogP contribution in [0.4, 0.5) is 5.69 Å². The standard InChI is InChI=1S/C27H29Cl2N3O6S2/c28-24-10-7-11-25(27(24)29)32(40(36,37)22-8-3-1-4-9-22)20-26(33)30-16-19-38-21-12-14-23(15-13-21)39(34,35)31-17-5-2-6-18-31/h1,3-4,7-15H,2,5-6,16-20H2,(H,30,33). The summed E-state index contributed by atoms with van der Waals surface area (Å²) >= 11 is 12.4. The van der Waals surface area contributed by atoms with Crippen molar-refractivity contribution in [2.24, 2.45) is 0 Å². The van der Waals surface area contributed by atoms with E-state index in [4.69, 9.17) is 27.9 Å². The predicted octanol–water partition coefficient (Wildman–Crippen LogP) is 4.56. The first kappa shape index (κ1) is 30.1. The number of benzene rings is 3. The van der Waals surface area contributed by atoms with Crippen molar-refractivity contribution < 1.29 is 26.4 Å². The Kier molecular flexibility index (Phi) is 9.96. The quantitative estimate of drug-likeness (QED) is 0.313. The van der Waals surface area contributed by atoms with Crippen LogP contribution in [-0.2, 0) is 24.8 Å². The van der Waals surface area contributed by atoms with E-state index in [1.54, 1.807) is 36.4 Å². The molecule has 0 aromatic heterocycles. The van der Waals surface area contributed by atoms with Crippen LogP contribution < -0.4 is 14.4 Å². The topological polar surface area (TPSA) is 113 Å². The van der Waals surface area contributed by atoms with E-state index in [1.165, 1.54) is 40.7 Å². The van der Waals surface area contributed by atoms with Crippen molar-refractivity contribution in [3.05, 3.63) is 82.8 Å². The molecule has 1 aliphatic rings. The van der Waals surface area contributed by atoms with E-state index in [1.807, 2.05) is 0 Å². The van der Waals surface area contributed by atoms with E-state index in [2.05, 4.69) is 5.32 Å². The molecule has 40 heavy (non-hydrogen) atoms. The Morgan fingerprint density at radius 1 is 0.850 bits per heavy atom. The molecule has 0 aliphatic carbocycles. The van der Waals surface area contributed by atoms with Gasteiger partial charge in [0.15, 0.2) is 0 Å².